The molecule has 14 nitrogen and oxygen atoms in total. The number of benzene rings is 1. The highest BCUT2D eigenvalue weighted by molar-refractivity contribution is 7.80. The molecule has 37 heavy (non-hydrogen) atoms. The standard InChI is InChI=1S/C22H35N7O7S/c1-11(30)17(23)20(34)27-14(3-2-8-26-22(24)25)18(32)28-15(9-12-4-6-13(31)7-5-12)19(33)29-16(10-37)21(35)36/h4-7,11,14-17,30-31,37H,2-3,8-10,23H2,1H3,(H,27,34)(H,28,32)(H,29,33)(H,35,36)(H4,24,25,26). The van der Waals surface area contributed by atoms with Gasteiger partial charge in [0.2, 0.25) is 17.7 Å². The van der Waals surface area contributed by atoms with Gasteiger partial charge in [-0.2, -0.15) is 12.6 Å². The Morgan fingerprint density at radius 2 is 1.51 bits per heavy atom. The largest absolute Gasteiger partial charge is 0.508 e. The van der Waals surface area contributed by atoms with Crippen molar-refractivity contribution < 1.29 is 34.5 Å². The van der Waals surface area contributed by atoms with Gasteiger partial charge in [0.05, 0.1) is 6.10 Å². The zero-order chi connectivity index (χ0) is 28.1. The molecule has 15 heteroatoms. The predicted molar refractivity (Wildman–Crippen MR) is 139 cm³/mol. The van der Waals surface area contributed by atoms with E-state index in [0.717, 1.165) is 0 Å². The summed E-state index contributed by atoms with van der Waals surface area (Å²) >= 11 is 3.93. The minimum Gasteiger partial charge on any atom is -0.508 e. The van der Waals surface area contributed by atoms with E-state index in [2.05, 4.69) is 33.6 Å². The van der Waals surface area contributed by atoms with Crippen LogP contribution in [0.2, 0.25) is 0 Å². The summed E-state index contributed by atoms with van der Waals surface area (Å²) in [5.74, 6) is -4.01. The fraction of sp³-hybridized carbons (Fsp3) is 0.500. The molecule has 0 radical (unpaired) electrons. The average molecular weight is 542 g/mol. The van der Waals surface area contributed by atoms with Gasteiger partial charge in [0.15, 0.2) is 5.96 Å². The van der Waals surface area contributed by atoms with Crippen LogP contribution in [-0.2, 0) is 25.6 Å². The number of aliphatic hydroxyl groups excluding tert-OH is 1. The minimum atomic E-state index is -1.31. The van der Waals surface area contributed by atoms with E-state index >= 15 is 0 Å². The average Bonchev–Trinajstić information content (AvgIpc) is 2.83. The lowest BCUT2D eigenvalue weighted by molar-refractivity contribution is -0.141. The van der Waals surface area contributed by atoms with Crippen molar-refractivity contribution in [1.82, 2.24) is 16.0 Å². The number of carbonyl (C=O) groups is 4. The number of aliphatic carboxylic acids is 1. The van der Waals surface area contributed by atoms with Gasteiger partial charge in [-0.1, -0.05) is 12.1 Å². The molecule has 0 spiro atoms. The topological polar surface area (TPSA) is 255 Å². The Balaban J connectivity index is 3.15. The first-order chi connectivity index (χ1) is 17.3. The quantitative estimate of drug-likeness (QED) is 0.0471. The number of rotatable bonds is 15. The number of guanidine groups is 1. The van der Waals surface area contributed by atoms with Crippen molar-refractivity contribution in [1.29, 1.82) is 0 Å². The number of nitrogens with one attached hydrogen (secondary N) is 3. The number of hydrogen-bond acceptors (Lipinski definition) is 9. The number of thiol groups is 1. The molecule has 5 unspecified atom stereocenters. The van der Waals surface area contributed by atoms with Crippen molar-refractivity contribution in [3.63, 3.8) is 0 Å². The molecule has 1 aromatic carbocycles. The summed E-state index contributed by atoms with van der Waals surface area (Å²) in [5.41, 5.74) is 16.8. The maximum atomic E-state index is 13.2. The van der Waals surface area contributed by atoms with Crippen molar-refractivity contribution in [2.24, 2.45) is 22.2 Å². The van der Waals surface area contributed by atoms with Crippen molar-refractivity contribution in [2.45, 2.75) is 56.5 Å². The molecule has 12 N–H and O–H groups in total. The second-order valence-corrected chi connectivity index (χ2v) is 8.66. The number of aliphatic imine (C=N–C) groups is 1. The fourth-order valence-corrected chi connectivity index (χ4v) is 3.31. The van der Waals surface area contributed by atoms with Crippen LogP contribution in [0.4, 0.5) is 0 Å². The van der Waals surface area contributed by atoms with Crippen molar-refractivity contribution in [3.8, 4) is 5.75 Å². The first-order valence-corrected chi connectivity index (χ1v) is 12.0. The molecule has 5 atom stereocenters. The fourth-order valence-electron chi connectivity index (χ4n) is 3.07. The first-order valence-electron chi connectivity index (χ1n) is 11.4. The van der Waals surface area contributed by atoms with E-state index in [1.54, 1.807) is 0 Å². The molecule has 3 amide bonds. The Morgan fingerprint density at radius 3 is 2.03 bits per heavy atom. The van der Waals surface area contributed by atoms with E-state index < -0.39 is 54.0 Å². The predicted octanol–water partition coefficient (Wildman–Crippen LogP) is -2.83. The summed E-state index contributed by atoms with van der Waals surface area (Å²) < 4.78 is 0. The molecule has 1 aromatic rings. The SMILES string of the molecule is CC(O)C(N)C(=O)NC(CCCN=C(N)N)C(=O)NC(Cc1ccc(O)cc1)C(=O)NC(CS)C(=O)O. The molecule has 206 valence electrons. The van der Waals surface area contributed by atoms with Crippen LogP contribution in [-0.4, -0.2) is 87.5 Å². The van der Waals surface area contributed by atoms with E-state index in [1.807, 2.05) is 0 Å². The number of nitrogens with zero attached hydrogens (tertiary/aromatic N) is 1. The summed E-state index contributed by atoms with van der Waals surface area (Å²) in [5, 5.41) is 35.7. The number of amides is 3. The van der Waals surface area contributed by atoms with Gasteiger partial charge in [-0.3, -0.25) is 19.4 Å². The van der Waals surface area contributed by atoms with E-state index in [9.17, 15) is 34.5 Å². The van der Waals surface area contributed by atoms with E-state index in [1.165, 1.54) is 31.2 Å². The van der Waals surface area contributed by atoms with Gasteiger partial charge in [-0.15, -0.1) is 0 Å². The van der Waals surface area contributed by atoms with Gasteiger partial charge >= 0.3 is 5.97 Å². The van der Waals surface area contributed by atoms with Crippen molar-refractivity contribution in [2.75, 3.05) is 12.3 Å². The van der Waals surface area contributed by atoms with Gasteiger partial charge < -0.3 is 48.5 Å². The normalized spacial score (nSPS) is 14.8. The van der Waals surface area contributed by atoms with Crippen LogP contribution in [0.15, 0.2) is 29.3 Å². The highest BCUT2D eigenvalue weighted by Crippen LogP contribution is 2.12. The first kappa shape index (κ1) is 31.5. The monoisotopic (exact) mass is 541 g/mol. The van der Waals surface area contributed by atoms with Gasteiger partial charge in [0.1, 0.15) is 29.9 Å². The van der Waals surface area contributed by atoms with Gasteiger partial charge in [0, 0.05) is 18.7 Å². The highest BCUT2D eigenvalue weighted by Gasteiger charge is 2.30. The number of aromatic hydroxyl groups is 1. The zero-order valence-electron chi connectivity index (χ0n) is 20.3. The van der Waals surface area contributed by atoms with E-state index in [4.69, 9.17) is 17.2 Å². The number of phenols is 1. The Kier molecular flexibility index (Phi) is 13.2. The van der Waals surface area contributed by atoms with Crippen molar-refractivity contribution >= 4 is 42.3 Å². The molecule has 0 aliphatic heterocycles. The van der Waals surface area contributed by atoms with Crippen LogP contribution in [0.1, 0.15) is 25.3 Å². The van der Waals surface area contributed by atoms with Gasteiger partial charge in [-0.05, 0) is 37.5 Å². The van der Waals surface area contributed by atoms with Crippen LogP contribution < -0.4 is 33.2 Å². The molecule has 0 heterocycles. The Hall–Kier alpha value is -3.56. The summed E-state index contributed by atoms with van der Waals surface area (Å²) in [4.78, 5) is 53.7. The molecular formula is C22H35N7O7S. The summed E-state index contributed by atoms with van der Waals surface area (Å²) in [6, 6.07) is 0.804. The Labute approximate surface area is 219 Å². The smallest absolute Gasteiger partial charge is 0.327 e. The number of hydrogen-bond donors (Lipinski definition) is 10. The molecule has 0 bridgehead atoms. The van der Waals surface area contributed by atoms with Crippen LogP contribution >= 0.6 is 12.6 Å². The molecular weight excluding hydrogens is 506 g/mol. The summed E-state index contributed by atoms with van der Waals surface area (Å²) in [6.45, 7) is 1.47. The summed E-state index contributed by atoms with van der Waals surface area (Å²) in [7, 11) is 0. The molecule has 0 fully saturated rings. The second-order valence-electron chi connectivity index (χ2n) is 8.29. The van der Waals surface area contributed by atoms with E-state index in [0.29, 0.717) is 5.56 Å². The maximum absolute atomic E-state index is 13.2. The Morgan fingerprint density at radius 1 is 0.973 bits per heavy atom. The van der Waals surface area contributed by atoms with Crippen LogP contribution in [0.25, 0.3) is 0 Å². The maximum Gasteiger partial charge on any atom is 0.327 e. The van der Waals surface area contributed by atoms with Crippen LogP contribution in [0.3, 0.4) is 0 Å². The molecule has 0 saturated heterocycles. The molecule has 0 aromatic heterocycles. The van der Waals surface area contributed by atoms with Crippen LogP contribution in [0.5, 0.6) is 5.75 Å². The number of nitrogens with two attached hydrogens (primary N) is 3. The summed E-state index contributed by atoms with van der Waals surface area (Å²) in [6.07, 6.45) is -0.912. The molecule has 0 aliphatic carbocycles. The third-order valence-corrected chi connectivity index (χ3v) is 5.57. The lowest BCUT2D eigenvalue weighted by atomic mass is 10.0. The second kappa shape index (κ2) is 15.5. The lowest BCUT2D eigenvalue weighted by Crippen LogP contribution is -2.58. The minimum absolute atomic E-state index is 0.00666. The number of carboxylic acid groups (broad SMARTS) is 1. The number of phenolic OH excluding ortho intramolecular Hbond substituents is 1. The third-order valence-electron chi connectivity index (χ3n) is 5.21. The van der Waals surface area contributed by atoms with E-state index in [-0.39, 0.29) is 43.3 Å². The number of carboxylic acids is 1. The zero-order valence-corrected chi connectivity index (χ0v) is 21.2. The van der Waals surface area contributed by atoms with Gasteiger partial charge in [0.25, 0.3) is 0 Å². The Bertz CT molecular complexity index is 955. The molecule has 0 saturated carbocycles. The molecule has 1 rings (SSSR count). The molecule has 0 aliphatic rings. The lowest BCUT2D eigenvalue weighted by Gasteiger charge is -2.25. The third kappa shape index (κ3) is 11.4. The van der Waals surface area contributed by atoms with Crippen LogP contribution in [0, 0.1) is 0 Å². The van der Waals surface area contributed by atoms with Gasteiger partial charge in [-0.25, -0.2) is 4.79 Å². The number of aliphatic hydroxyl groups is 1. The van der Waals surface area contributed by atoms with Crippen molar-refractivity contribution in [3.05, 3.63) is 29.8 Å². The highest BCUT2D eigenvalue weighted by atomic mass is 32.1. The number of carbonyl (C=O) groups excluding carboxylic acids is 3.